The lowest BCUT2D eigenvalue weighted by molar-refractivity contribution is -0.118. The Bertz CT molecular complexity index is 239. The molecule has 0 aromatic rings. The van der Waals surface area contributed by atoms with Crippen molar-refractivity contribution in [1.82, 2.24) is 5.32 Å². The highest BCUT2D eigenvalue weighted by molar-refractivity contribution is 14.1. The summed E-state index contributed by atoms with van der Waals surface area (Å²) in [6, 6.07) is 0. The SMILES string of the molecule is O=C(O)NC(I)C(=O)C[C]1CCCCC1. The summed E-state index contributed by atoms with van der Waals surface area (Å²) in [6.45, 7) is 0. The minimum atomic E-state index is -1.14. The van der Waals surface area contributed by atoms with Crippen LogP contribution in [0.5, 0.6) is 0 Å². The van der Waals surface area contributed by atoms with Gasteiger partial charge in [0.15, 0.2) is 5.78 Å². The van der Waals surface area contributed by atoms with Gasteiger partial charge < -0.3 is 10.4 Å². The quantitative estimate of drug-likeness (QED) is 0.474. The number of carboxylic acid groups (broad SMARTS) is 1. The molecular weight excluding hydrogens is 309 g/mol. The van der Waals surface area contributed by atoms with Crippen molar-refractivity contribution in [2.24, 2.45) is 0 Å². The van der Waals surface area contributed by atoms with Gasteiger partial charge in [-0.15, -0.1) is 0 Å². The average molecular weight is 324 g/mol. The number of hydrogen-bond acceptors (Lipinski definition) is 2. The predicted octanol–water partition coefficient (Wildman–Crippen LogP) is 2.51. The number of hydrogen-bond donors (Lipinski definition) is 2. The second kappa shape index (κ2) is 6.30. The highest BCUT2D eigenvalue weighted by Gasteiger charge is 2.22. The molecule has 0 bridgehead atoms. The summed E-state index contributed by atoms with van der Waals surface area (Å²) in [5.41, 5.74) is 0. The molecule has 0 spiro atoms. The first-order chi connectivity index (χ1) is 7.09. The molecule has 0 aromatic carbocycles. The molecule has 1 radical (unpaired) electrons. The first-order valence-corrected chi connectivity index (χ1v) is 6.34. The van der Waals surface area contributed by atoms with Crippen LogP contribution < -0.4 is 5.32 Å². The fraction of sp³-hybridized carbons (Fsp3) is 0.700. The molecule has 0 heterocycles. The number of carbonyl (C=O) groups excluding carboxylic acids is 1. The minimum Gasteiger partial charge on any atom is -0.465 e. The Morgan fingerprint density at radius 1 is 1.33 bits per heavy atom. The molecule has 1 rings (SSSR count). The maximum atomic E-state index is 11.6. The summed E-state index contributed by atoms with van der Waals surface area (Å²) in [7, 11) is 0. The molecule has 1 unspecified atom stereocenters. The van der Waals surface area contributed by atoms with Gasteiger partial charge in [0.1, 0.15) is 4.05 Å². The molecule has 0 saturated heterocycles. The lowest BCUT2D eigenvalue weighted by Crippen LogP contribution is -2.35. The number of nitrogens with one attached hydrogen (secondary N) is 1. The molecule has 85 valence electrons. The van der Waals surface area contributed by atoms with Crippen molar-refractivity contribution in [2.45, 2.75) is 42.6 Å². The van der Waals surface area contributed by atoms with Gasteiger partial charge in [0.2, 0.25) is 0 Å². The van der Waals surface area contributed by atoms with Crippen molar-refractivity contribution in [2.75, 3.05) is 0 Å². The third-order valence-electron chi connectivity index (χ3n) is 2.52. The van der Waals surface area contributed by atoms with E-state index < -0.39 is 10.1 Å². The van der Waals surface area contributed by atoms with Gasteiger partial charge in [0, 0.05) is 6.42 Å². The van der Waals surface area contributed by atoms with Crippen LogP contribution in [0.4, 0.5) is 4.79 Å². The molecule has 1 atom stereocenters. The van der Waals surface area contributed by atoms with E-state index in [0.29, 0.717) is 6.42 Å². The normalized spacial score (nSPS) is 19.5. The fourth-order valence-electron chi connectivity index (χ4n) is 1.75. The molecule has 1 saturated carbocycles. The second-order valence-corrected chi connectivity index (χ2v) is 5.01. The Kier molecular flexibility index (Phi) is 5.35. The molecule has 4 nitrogen and oxygen atoms in total. The van der Waals surface area contributed by atoms with Crippen LogP contribution in [0.1, 0.15) is 38.5 Å². The van der Waals surface area contributed by atoms with E-state index in [1.165, 1.54) is 25.2 Å². The highest BCUT2D eigenvalue weighted by Crippen LogP contribution is 2.29. The van der Waals surface area contributed by atoms with Gasteiger partial charge in [-0.3, -0.25) is 4.79 Å². The Balaban J connectivity index is 2.30. The minimum absolute atomic E-state index is 0.0325. The molecule has 1 amide bonds. The van der Waals surface area contributed by atoms with E-state index in [0.717, 1.165) is 12.8 Å². The third kappa shape index (κ3) is 4.81. The maximum absolute atomic E-state index is 11.6. The van der Waals surface area contributed by atoms with Crippen LogP contribution in [-0.4, -0.2) is 21.0 Å². The summed E-state index contributed by atoms with van der Waals surface area (Å²) in [4.78, 5) is 21.9. The van der Waals surface area contributed by atoms with Crippen molar-refractivity contribution in [1.29, 1.82) is 0 Å². The van der Waals surface area contributed by atoms with Crippen molar-refractivity contribution < 1.29 is 14.7 Å². The number of ketones is 1. The molecule has 1 fully saturated rings. The molecule has 1 aliphatic rings. The number of halogens is 1. The summed E-state index contributed by atoms with van der Waals surface area (Å²) in [6.07, 6.45) is 4.94. The zero-order valence-corrected chi connectivity index (χ0v) is 10.6. The monoisotopic (exact) mass is 324 g/mol. The summed E-state index contributed by atoms with van der Waals surface area (Å²) in [5.74, 6) is 1.25. The van der Waals surface area contributed by atoms with Crippen LogP contribution in [0.3, 0.4) is 0 Å². The predicted molar refractivity (Wildman–Crippen MR) is 64.9 cm³/mol. The molecule has 15 heavy (non-hydrogen) atoms. The van der Waals surface area contributed by atoms with E-state index in [1.807, 2.05) is 22.6 Å². The Labute approximate surface area is 103 Å². The van der Waals surface area contributed by atoms with Gasteiger partial charge in [-0.2, -0.15) is 0 Å². The number of rotatable bonds is 4. The number of carbonyl (C=O) groups is 2. The largest absolute Gasteiger partial charge is 0.465 e. The second-order valence-electron chi connectivity index (χ2n) is 3.77. The maximum Gasteiger partial charge on any atom is 0.405 e. The molecule has 0 aliphatic heterocycles. The van der Waals surface area contributed by atoms with E-state index in [1.54, 1.807) is 0 Å². The number of alkyl halides is 1. The van der Waals surface area contributed by atoms with Gasteiger partial charge in [-0.05, 0) is 41.4 Å². The van der Waals surface area contributed by atoms with Gasteiger partial charge >= 0.3 is 6.09 Å². The molecule has 1 aliphatic carbocycles. The van der Waals surface area contributed by atoms with Crippen LogP contribution in [-0.2, 0) is 4.79 Å². The van der Waals surface area contributed by atoms with Crippen LogP contribution >= 0.6 is 22.6 Å². The lowest BCUT2D eigenvalue weighted by Gasteiger charge is -2.21. The van der Waals surface area contributed by atoms with Crippen LogP contribution in [0.25, 0.3) is 0 Å². The molecular formula is C10H15INO3. The highest BCUT2D eigenvalue weighted by atomic mass is 127. The third-order valence-corrected chi connectivity index (χ3v) is 3.52. The lowest BCUT2D eigenvalue weighted by atomic mass is 9.86. The molecule has 2 N–H and O–H groups in total. The van der Waals surface area contributed by atoms with Crippen molar-refractivity contribution in [3.8, 4) is 0 Å². The van der Waals surface area contributed by atoms with Gasteiger partial charge in [0.05, 0.1) is 0 Å². The topological polar surface area (TPSA) is 66.4 Å². The Morgan fingerprint density at radius 2 is 1.93 bits per heavy atom. The van der Waals surface area contributed by atoms with Crippen LogP contribution in [0.2, 0.25) is 0 Å². The van der Waals surface area contributed by atoms with E-state index in [2.05, 4.69) is 5.32 Å². The van der Waals surface area contributed by atoms with Gasteiger partial charge in [-0.25, -0.2) is 4.79 Å². The first kappa shape index (κ1) is 12.7. The van der Waals surface area contributed by atoms with Gasteiger partial charge in [0.25, 0.3) is 0 Å². The van der Waals surface area contributed by atoms with E-state index in [4.69, 9.17) is 5.11 Å². The fourth-order valence-corrected chi connectivity index (χ4v) is 2.24. The van der Waals surface area contributed by atoms with Crippen molar-refractivity contribution >= 4 is 34.5 Å². The zero-order chi connectivity index (χ0) is 11.3. The summed E-state index contributed by atoms with van der Waals surface area (Å²) >= 11 is 1.82. The number of Topliss-reactive ketones (excluding diaryl/α,β-unsaturated/α-hetero) is 1. The van der Waals surface area contributed by atoms with E-state index in [9.17, 15) is 9.59 Å². The van der Waals surface area contributed by atoms with Crippen molar-refractivity contribution in [3.05, 3.63) is 5.92 Å². The summed E-state index contributed by atoms with van der Waals surface area (Å²) < 4.78 is -0.616. The van der Waals surface area contributed by atoms with Crippen LogP contribution in [0.15, 0.2) is 0 Å². The smallest absolute Gasteiger partial charge is 0.405 e. The Hall–Kier alpha value is -0.330. The first-order valence-electron chi connectivity index (χ1n) is 5.09. The summed E-state index contributed by atoms with van der Waals surface area (Å²) in [5, 5.41) is 10.6. The standard InChI is InChI=1S/C10H15INO3/c11-9(12-10(14)15)8(13)6-7-4-2-1-3-5-7/h9,12H,1-6H2,(H,14,15). The van der Waals surface area contributed by atoms with Gasteiger partial charge in [-0.1, -0.05) is 19.3 Å². The van der Waals surface area contributed by atoms with Crippen LogP contribution in [0, 0.1) is 5.92 Å². The van der Waals surface area contributed by atoms with E-state index >= 15 is 0 Å². The van der Waals surface area contributed by atoms with E-state index in [-0.39, 0.29) is 5.78 Å². The van der Waals surface area contributed by atoms with Crippen molar-refractivity contribution in [3.63, 3.8) is 0 Å². The Morgan fingerprint density at radius 3 is 2.47 bits per heavy atom. The molecule has 5 heteroatoms. The zero-order valence-electron chi connectivity index (χ0n) is 8.46. The molecule has 0 aromatic heterocycles. The average Bonchev–Trinajstić information content (AvgIpc) is 2.18. The number of amides is 1.